The Morgan fingerprint density at radius 2 is 2.25 bits per heavy atom. The van der Waals surface area contributed by atoms with E-state index < -0.39 is 5.91 Å². The van der Waals surface area contributed by atoms with Crippen molar-refractivity contribution in [3.63, 3.8) is 0 Å². The van der Waals surface area contributed by atoms with Gasteiger partial charge in [0.05, 0.1) is 6.61 Å². The Balaban J connectivity index is 3.01. The number of aliphatic hydroxyl groups is 1. The molecule has 0 heterocycles. The van der Waals surface area contributed by atoms with E-state index in [1.807, 2.05) is 25.3 Å². The van der Waals surface area contributed by atoms with Gasteiger partial charge < -0.3 is 15.6 Å². The monoisotopic (exact) mass is 241 g/mol. The maximum absolute atomic E-state index is 10.6. The highest BCUT2D eigenvalue weighted by Crippen LogP contribution is 2.29. The predicted molar refractivity (Wildman–Crippen MR) is 63.6 cm³/mol. The van der Waals surface area contributed by atoms with Crippen LogP contribution in [-0.4, -0.2) is 23.9 Å². The van der Waals surface area contributed by atoms with Gasteiger partial charge in [-0.05, 0) is 30.9 Å². The third-order valence-corrected chi connectivity index (χ3v) is 2.80. The third kappa shape index (κ3) is 3.15. The van der Waals surface area contributed by atoms with Crippen molar-refractivity contribution in [2.45, 2.75) is 18.4 Å². The summed E-state index contributed by atoms with van der Waals surface area (Å²) < 4.78 is 5.28. The van der Waals surface area contributed by atoms with Crippen molar-refractivity contribution in [2.24, 2.45) is 5.73 Å². The van der Waals surface area contributed by atoms with E-state index in [0.717, 1.165) is 10.5 Å². The largest absolute Gasteiger partial charge is 0.483 e. The van der Waals surface area contributed by atoms with E-state index in [2.05, 4.69) is 0 Å². The van der Waals surface area contributed by atoms with E-state index in [-0.39, 0.29) is 13.2 Å². The van der Waals surface area contributed by atoms with Crippen LogP contribution in [0.3, 0.4) is 0 Å². The topological polar surface area (TPSA) is 72.5 Å². The molecule has 0 fully saturated rings. The maximum Gasteiger partial charge on any atom is 0.255 e. The molecule has 0 aliphatic carbocycles. The molecule has 0 radical (unpaired) electrons. The van der Waals surface area contributed by atoms with Crippen LogP contribution < -0.4 is 10.5 Å². The zero-order valence-corrected chi connectivity index (χ0v) is 10.1. The Bertz CT molecular complexity index is 393. The molecular formula is C11H15NO3S. The summed E-state index contributed by atoms with van der Waals surface area (Å²) in [7, 11) is 0. The summed E-state index contributed by atoms with van der Waals surface area (Å²) >= 11 is 1.59. The van der Waals surface area contributed by atoms with Gasteiger partial charge in [0.25, 0.3) is 5.91 Å². The standard InChI is InChI=1S/C11H15NO3S/c1-7-3-9(16-2)4-8(5-13)11(7)15-6-10(12)14/h3-4,13H,5-6H2,1-2H3,(H2,12,14). The van der Waals surface area contributed by atoms with Crippen molar-refractivity contribution in [2.75, 3.05) is 12.9 Å². The number of thioether (sulfide) groups is 1. The lowest BCUT2D eigenvalue weighted by atomic mass is 10.1. The normalized spacial score (nSPS) is 10.2. The minimum atomic E-state index is -0.530. The first kappa shape index (κ1) is 12.9. The number of amides is 1. The van der Waals surface area contributed by atoms with Crippen LogP contribution in [0.1, 0.15) is 11.1 Å². The van der Waals surface area contributed by atoms with Crippen LogP contribution in [0.15, 0.2) is 17.0 Å². The molecule has 0 saturated heterocycles. The number of aliphatic hydroxyl groups excluding tert-OH is 1. The van der Waals surface area contributed by atoms with Gasteiger partial charge in [0.2, 0.25) is 0 Å². The molecule has 3 N–H and O–H groups in total. The Morgan fingerprint density at radius 3 is 2.75 bits per heavy atom. The predicted octanol–water partition coefficient (Wildman–Crippen LogP) is 1.07. The number of ether oxygens (including phenoxy) is 1. The number of carbonyl (C=O) groups is 1. The minimum absolute atomic E-state index is 0.122. The highest BCUT2D eigenvalue weighted by Gasteiger charge is 2.09. The van der Waals surface area contributed by atoms with Gasteiger partial charge in [-0.15, -0.1) is 11.8 Å². The Hall–Kier alpha value is -1.20. The van der Waals surface area contributed by atoms with Crippen molar-refractivity contribution < 1.29 is 14.6 Å². The molecular weight excluding hydrogens is 226 g/mol. The van der Waals surface area contributed by atoms with E-state index in [4.69, 9.17) is 10.5 Å². The molecule has 1 amide bonds. The molecule has 5 heteroatoms. The molecule has 1 aromatic rings. The first-order chi connectivity index (χ1) is 7.58. The smallest absolute Gasteiger partial charge is 0.255 e. The zero-order chi connectivity index (χ0) is 12.1. The molecule has 0 bridgehead atoms. The molecule has 16 heavy (non-hydrogen) atoms. The van der Waals surface area contributed by atoms with Gasteiger partial charge >= 0.3 is 0 Å². The quantitative estimate of drug-likeness (QED) is 0.756. The number of hydrogen-bond donors (Lipinski definition) is 2. The Morgan fingerprint density at radius 1 is 1.56 bits per heavy atom. The van der Waals surface area contributed by atoms with Crippen LogP contribution in [0.4, 0.5) is 0 Å². The number of hydrogen-bond acceptors (Lipinski definition) is 4. The van der Waals surface area contributed by atoms with E-state index in [0.29, 0.717) is 11.3 Å². The summed E-state index contributed by atoms with van der Waals surface area (Å²) in [5.41, 5.74) is 6.57. The van der Waals surface area contributed by atoms with Crippen LogP contribution in [0.2, 0.25) is 0 Å². The van der Waals surface area contributed by atoms with Crippen molar-refractivity contribution in [3.8, 4) is 5.75 Å². The number of nitrogens with two attached hydrogens (primary N) is 1. The lowest BCUT2D eigenvalue weighted by Gasteiger charge is -2.13. The second kappa shape index (κ2) is 5.77. The lowest BCUT2D eigenvalue weighted by Crippen LogP contribution is -2.20. The van der Waals surface area contributed by atoms with Gasteiger partial charge in [-0.1, -0.05) is 0 Å². The summed E-state index contributed by atoms with van der Waals surface area (Å²) in [5.74, 6) is 0.0105. The summed E-state index contributed by atoms with van der Waals surface area (Å²) in [5, 5.41) is 9.22. The molecule has 88 valence electrons. The number of carbonyl (C=O) groups excluding carboxylic acids is 1. The minimum Gasteiger partial charge on any atom is -0.483 e. The number of aryl methyl sites for hydroxylation is 1. The van der Waals surface area contributed by atoms with Crippen molar-refractivity contribution >= 4 is 17.7 Å². The molecule has 1 aromatic carbocycles. The van der Waals surface area contributed by atoms with Crippen LogP contribution in [0.5, 0.6) is 5.75 Å². The molecule has 0 saturated carbocycles. The lowest BCUT2D eigenvalue weighted by molar-refractivity contribution is -0.119. The average molecular weight is 241 g/mol. The Kier molecular flexibility index (Phi) is 4.64. The molecule has 4 nitrogen and oxygen atoms in total. The van der Waals surface area contributed by atoms with Crippen molar-refractivity contribution in [3.05, 3.63) is 23.3 Å². The van der Waals surface area contributed by atoms with Crippen molar-refractivity contribution in [1.29, 1.82) is 0 Å². The van der Waals surface area contributed by atoms with E-state index >= 15 is 0 Å². The summed E-state index contributed by atoms with van der Waals surface area (Å²) in [6.45, 7) is 1.57. The summed E-state index contributed by atoms with van der Waals surface area (Å²) in [6.07, 6.45) is 1.96. The van der Waals surface area contributed by atoms with Gasteiger partial charge in [-0.2, -0.15) is 0 Å². The third-order valence-electron chi connectivity index (χ3n) is 2.09. The zero-order valence-electron chi connectivity index (χ0n) is 9.32. The molecule has 1 rings (SSSR count). The highest BCUT2D eigenvalue weighted by atomic mass is 32.2. The highest BCUT2D eigenvalue weighted by molar-refractivity contribution is 7.98. The van der Waals surface area contributed by atoms with Gasteiger partial charge in [-0.3, -0.25) is 4.79 Å². The average Bonchev–Trinajstić information content (AvgIpc) is 2.26. The molecule has 0 aliphatic rings. The molecule has 0 spiro atoms. The number of benzene rings is 1. The first-order valence-electron chi connectivity index (χ1n) is 4.78. The molecule has 0 atom stereocenters. The second-order valence-corrected chi connectivity index (χ2v) is 4.23. The van der Waals surface area contributed by atoms with Gasteiger partial charge in [0, 0.05) is 10.5 Å². The van der Waals surface area contributed by atoms with Crippen LogP contribution in [-0.2, 0) is 11.4 Å². The molecule has 0 aliphatic heterocycles. The Labute approximate surface area is 98.8 Å². The maximum atomic E-state index is 10.6. The van der Waals surface area contributed by atoms with Crippen LogP contribution in [0, 0.1) is 6.92 Å². The van der Waals surface area contributed by atoms with Crippen LogP contribution >= 0.6 is 11.8 Å². The SMILES string of the molecule is CSc1cc(C)c(OCC(N)=O)c(CO)c1. The number of primary amides is 1. The van der Waals surface area contributed by atoms with Gasteiger partial charge in [-0.25, -0.2) is 0 Å². The fourth-order valence-electron chi connectivity index (χ4n) is 1.40. The fraction of sp³-hybridized carbons (Fsp3) is 0.364. The summed E-state index contributed by atoms with van der Waals surface area (Å²) in [4.78, 5) is 11.7. The summed E-state index contributed by atoms with van der Waals surface area (Å²) in [6, 6.07) is 3.79. The van der Waals surface area contributed by atoms with Crippen molar-refractivity contribution in [1.82, 2.24) is 0 Å². The van der Waals surface area contributed by atoms with Gasteiger partial charge in [0.1, 0.15) is 5.75 Å². The van der Waals surface area contributed by atoms with Crippen LogP contribution in [0.25, 0.3) is 0 Å². The molecule has 0 aromatic heterocycles. The number of rotatable bonds is 5. The second-order valence-electron chi connectivity index (χ2n) is 3.35. The van der Waals surface area contributed by atoms with E-state index in [1.165, 1.54) is 0 Å². The van der Waals surface area contributed by atoms with E-state index in [1.54, 1.807) is 11.8 Å². The van der Waals surface area contributed by atoms with E-state index in [9.17, 15) is 9.90 Å². The first-order valence-corrected chi connectivity index (χ1v) is 6.00. The molecule has 0 unspecified atom stereocenters. The fourth-order valence-corrected chi connectivity index (χ4v) is 1.95. The van der Waals surface area contributed by atoms with Gasteiger partial charge in [0.15, 0.2) is 6.61 Å².